The van der Waals surface area contributed by atoms with E-state index < -0.39 is 0 Å². The van der Waals surface area contributed by atoms with E-state index in [2.05, 4.69) is 5.32 Å². The Morgan fingerprint density at radius 2 is 1.42 bits per heavy atom. The van der Waals surface area contributed by atoms with Crippen LogP contribution >= 0.6 is 0 Å². The molecule has 19 heavy (non-hydrogen) atoms. The minimum Gasteiger partial charge on any atom is -0.322 e. The molecule has 94 valence electrons. The lowest BCUT2D eigenvalue weighted by atomic mass is 10.1. The Morgan fingerprint density at radius 3 is 2.05 bits per heavy atom. The van der Waals surface area contributed by atoms with E-state index >= 15 is 0 Å². The molecule has 0 radical (unpaired) electrons. The average Bonchev–Trinajstić information content (AvgIpc) is 2.46. The van der Waals surface area contributed by atoms with Crippen molar-refractivity contribution in [2.45, 2.75) is 0 Å². The summed E-state index contributed by atoms with van der Waals surface area (Å²) < 4.78 is 0. The molecule has 5 nitrogen and oxygen atoms in total. The molecule has 0 aliphatic carbocycles. The largest absolute Gasteiger partial charge is 0.322 e. The van der Waals surface area contributed by atoms with Gasteiger partial charge in [0.2, 0.25) is 0 Å². The molecule has 0 unspecified atom stereocenters. The van der Waals surface area contributed by atoms with Crippen molar-refractivity contribution in [2.24, 2.45) is 5.84 Å². The van der Waals surface area contributed by atoms with Crippen LogP contribution in [-0.2, 0) is 0 Å². The SMILES string of the molecule is NN1C(=O)c2ccc(cc2)C(=O)Nc2ccc1cc2. The van der Waals surface area contributed by atoms with Crippen molar-refractivity contribution in [1.29, 1.82) is 0 Å². The second kappa shape index (κ2) is 4.22. The maximum absolute atomic E-state index is 12.1. The highest BCUT2D eigenvalue weighted by molar-refractivity contribution is 6.08. The Morgan fingerprint density at radius 1 is 0.842 bits per heavy atom. The fourth-order valence-corrected chi connectivity index (χ4v) is 1.93. The smallest absolute Gasteiger partial charge is 0.272 e. The number of benzene rings is 2. The van der Waals surface area contributed by atoms with Crippen LogP contribution in [0.5, 0.6) is 0 Å². The lowest BCUT2D eigenvalue weighted by molar-refractivity contribution is 0.0983. The van der Waals surface area contributed by atoms with E-state index in [0.717, 1.165) is 5.01 Å². The second-order valence-electron chi connectivity index (χ2n) is 4.25. The highest BCUT2D eigenvalue weighted by Crippen LogP contribution is 2.20. The van der Waals surface area contributed by atoms with E-state index in [0.29, 0.717) is 22.5 Å². The Hall–Kier alpha value is -2.66. The zero-order valence-electron chi connectivity index (χ0n) is 9.96. The minimum atomic E-state index is -0.319. The van der Waals surface area contributed by atoms with E-state index in [-0.39, 0.29) is 11.8 Å². The van der Waals surface area contributed by atoms with Crippen molar-refractivity contribution < 1.29 is 9.59 Å². The Labute approximate surface area is 109 Å². The highest BCUT2D eigenvalue weighted by atomic mass is 16.2. The summed E-state index contributed by atoms with van der Waals surface area (Å²) in [4.78, 5) is 24.1. The monoisotopic (exact) mass is 253 g/mol. The molecule has 2 aromatic carbocycles. The normalized spacial score (nSPS) is 14.1. The fraction of sp³-hybridized carbons (Fsp3) is 0. The molecule has 0 spiro atoms. The summed E-state index contributed by atoms with van der Waals surface area (Å²) in [6, 6.07) is 13.1. The van der Waals surface area contributed by atoms with Crippen molar-refractivity contribution in [3.8, 4) is 0 Å². The zero-order chi connectivity index (χ0) is 13.4. The number of rotatable bonds is 0. The van der Waals surface area contributed by atoms with Gasteiger partial charge < -0.3 is 5.32 Å². The molecule has 0 fully saturated rings. The van der Waals surface area contributed by atoms with E-state index in [1.165, 1.54) is 0 Å². The van der Waals surface area contributed by atoms with Crippen LogP contribution in [0.25, 0.3) is 0 Å². The number of nitrogens with one attached hydrogen (secondary N) is 1. The van der Waals surface area contributed by atoms with Crippen molar-refractivity contribution in [1.82, 2.24) is 0 Å². The Bertz CT molecular complexity index is 647. The van der Waals surface area contributed by atoms with Crippen LogP contribution in [0.4, 0.5) is 11.4 Å². The lowest BCUT2D eigenvalue weighted by Gasteiger charge is -2.18. The summed E-state index contributed by atoms with van der Waals surface area (Å²) >= 11 is 0. The molecule has 0 saturated heterocycles. The molecule has 6 rings (SSSR count). The van der Waals surface area contributed by atoms with Crippen LogP contribution in [0.1, 0.15) is 20.7 Å². The maximum atomic E-state index is 12.1. The van der Waals surface area contributed by atoms with Gasteiger partial charge in [0.1, 0.15) is 0 Å². The first kappa shape index (κ1) is 11.4. The van der Waals surface area contributed by atoms with Gasteiger partial charge in [-0.25, -0.2) is 10.9 Å². The van der Waals surface area contributed by atoms with Crippen LogP contribution in [0.15, 0.2) is 48.5 Å². The van der Waals surface area contributed by atoms with Gasteiger partial charge in [0.15, 0.2) is 0 Å². The van der Waals surface area contributed by atoms with Gasteiger partial charge in [-0.15, -0.1) is 0 Å². The zero-order valence-corrected chi connectivity index (χ0v) is 9.96. The summed E-state index contributed by atoms with van der Waals surface area (Å²) in [6.45, 7) is 0. The van der Waals surface area contributed by atoms with Gasteiger partial charge in [-0.05, 0) is 48.5 Å². The molecule has 3 N–H and O–H groups in total. The van der Waals surface area contributed by atoms with Crippen LogP contribution in [0.2, 0.25) is 0 Å². The number of nitrogens with zero attached hydrogens (tertiary/aromatic N) is 1. The molecule has 0 atom stereocenters. The van der Waals surface area contributed by atoms with Crippen LogP contribution in [0, 0.1) is 0 Å². The summed E-state index contributed by atoms with van der Waals surface area (Å²) in [6.07, 6.45) is 0. The predicted octanol–water partition coefficient (Wildman–Crippen LogP) is 1.77. The van der Waals surface area contributed by atoms with E-state index in [4.69, 9.17) is 5.84 Å². The van der Waals surface area contributed by atoms with Gasteiger partial charge in [0, 0.05) is 16.8 Å². The van der Waals surface area contributed by atoms with E-state index in [1.807, 2.05) is 0 Å². The van der Waals surface area contributed by atoms with Crippen molar-refractivity contribution in [2.75, 3.05) is 10.3 Å². The molecule has 0 saturated carbocycles. The van der Waals surface area contributed by atoms with Crippen molar-refractivity contribution >= 4 is 23.2 Å². The highest BCUT2D eigenvalue weighted by Gasteiger charge is 2.16. The number of carbonyl (C=O) groups is 2. The molecule has 4 bridgehead atoms. The van der Waals surface area contributed by atoms with Gasteiger partial charge in [0.25, 0.3) is 11.8 Å². The molecular formula is C14H11N3O2. The van der Waals surface area contributed by atoms with E-state index in [1.54, 1.807) is 48.5 Å². The number of hydrogen-bond acceptors (Lipinski definition) is 3. The molecule has 4 aliphatic heterocycles. The first-order valence-electron chi connectivity index (χ1n) is 5.76. The number of amides is 2. The van der Waals surface area contributed by atoms with Gasteiger partial charge >= 0.3 is 0 Å². The van der Waals surface area contributed by atoms with Crippen LogP contribution < -0.4 is 16.2 Å². The van der Waals surface area contributed by atoms with Gasteiger partial charge in [-0.2, -0.15) is 0 Å². The summed E-state index contributed by atoms with van der Waals surface area (Å²) in [7, 11) is 0. The minimum absolute atomic E-state index is 0.211. The first-order chi connectivity index (χ1) is 9.15. The Kier molecular flexibility index (Phi) is 2.54. The van der Waals surface area contributed by atoms with Crippen LogP contribution in [0.3, 0.4) is 0 Å². The average molecular weight is 253 g/mol. The van der Waals surface area contributed by atoms with Crippen LogP contribution in [-0.4, -0.2) is 11.8 Å². The third kappa shape index (κ3) is 1.96. The third-order valence-corrected chi connectivity index (χ3v) is 3.02. The summed E-state index contributed by atoms with van der Waals surface area (Å²) in [5, 5.41) is 3.86. The molecule has 0 aromatic heterocycles. The number of anilines is 2. The second-order valence-corrected chi connectivity index (χ2v) is 4.25. The standard InChI is InChI=1S/C14H11N3O2/c15-17-12-7-5-11(6-8-12)16-13(18)9-1-3-10(4-2-9)14(17)19/h1-8H,15H2,(H,16,18). The molecule has 5 heteroatoms. The first-order valence-corrected chi connectivity index (χ1v) is 5.76. The van der Waals surface area contributed by atoms with E-state index in [9.17, 15) is 9.59 Å². The summed E-state index contributed by atoms with van der Waals surface area (Å²) in [5.41, 5.74) is 2.14. The molecule has 4 heterocycles. The fourth-order valence-electron chi connectivity index (χ4n) is 1.93. The van der Waals surface area contributed by atoms with Gasteiger partial charge in [0.05, 0.1) is 5.69 Å². The molecule has 2 aromatic rings. The number of carbonyl (C=O) groups excluding carboxylic acids is 2. The van der Waals surface area contributed by atoms with Crippen molar-refractivity contribution in [3.05, 3.63) is 59.7 Å². The number of hydrogen-bond donors (Lipinski definition) is 2. The van der Waals surface area contributed by atoms with Gasteiger partial charge in [-0.3, -0.25) is 9.59 Å². The maximum Gasteiger partial charge on any atom is 0.272 e. The number of hydrazine groups is 1. The third-order valence-electron chi connectivity index (χ3n) is 3.02. The molecular weight excluding hydrogens is 242 g/mol. The topological polar surface area (TPSA) is 75.4 Å². The molecule has 2 amide bonds. The predicted molar refractivity (Wildman–Crippen MR) is 71.8 cm³/mol. The Balaban J connectivity index is 2.16. The molecule has 4 aliphatic rings. The quantitative estimate of drug-likeness (QED) is 0.555. The summed E-state index contributed by atoms with van der Waals surface area (Å²) in [5.74, 6) is 5.27. The van der Waals surface area contributed by atoms with Gasteiger partial charge in [-0.1, -0.05) is 0 Å². The van der Waals surface area contributed by atoms with Crippen molar-refractivity contribution in [3.63, 3.8) is 0 Å². The number of nitrogens with two attached hydrogens (primary N) is 1. The lowest BCUT2D eigenvalue weighted by Crippen LogP contribution is -2.37.